The van der Waals surface area contributed by atoms with Gasteiger partial charge < -0.3 is 14.8 Å². The van der Waals surface area contributed by atoms with Crippen LogP contribution in [0.2, 0.25) is 19.1 Å². The van der Waals surface area contributed by atoms with Crippen LogP contribution in [-0.2, 0) is 22.8 Å². The first kappa shape index (κ1) is 23.2. The molecule has 0 bridgehead atoms. The van der Waals surface area contributed by atoms with Crippen molar-refractivity contribution >= 4 is 25.6 Å². The van der Waals surface area contributed by atoms with E-state index in [1.54, 1.807) is 12.4 Å². The Labute approximate surface area is 205 Å². The molecular weight excluding hydrogens is 460 g/mol. The minimum absolute atomic E-state index is 0.112. The number of benzene rings is 1. The first-order chi connectivity index (χ1) is 17.0. The van der Waals surface area contributed by atoms with E-state index in [0.717, 1.165) is 41.2 Å². The zero-order valence-electron chi connectivity index (χ0n) is 20.0. The quantitative estimate of drug-likeness (QED) is 0.266. The number of carbonyl (C=O) groups excluding carboxylic acids is 1. The van der Waals surface area contributed by atoms with Crippen LogP contribution in [0.25, 0.3) is 22.2 Å². The van der Waals surface area contributed by atoms with E-state index in [0.29, 0.717) is 31.3 Å². The normalized spacial score (nSPS) is 15.7. The zero-order chi connectivity index (χ0) is 24.2. The highest BCUT2D eigenvalue weighted by Gasteiger charge is 2.21. The van der Waals surface area contributed by atoms with Crippen molar-refractivity contribution in [3.63, 3.8) is 0 Å². The van der Waals surface area contributed by atoms with Crippen LogP contribution < -0.4 is 10.1 Å². The summed E-state index contributed by atoms with van der Waals surface area (Å²) in [4.78, 5) is 16.0. The van der Waals surface area contributed by atoms with E-state index in [4.69, 9.17) is 9.47 Å². The Hall–Kier alpha value is -3.50. The van der Waals surface area contributed by atoms with E-state index in [-0.39, 0.29) is 20.7 Å². The summed E-state index contributed by atoms with van der Waals surface area (Å²) in [5.74, 6) is 1.32. The van der Waals surface area contributed by atoms with Crippen LogP contribution in [0.4, 0.5) is 0 Å². The Morgan fingerprint density at radius 2 is 2.03 bits per heavy atom. The molecule has 35 heavy (non-hydrogen) atoms. The highest BCUT2D eigenvalue weighted by Crippen LogP contribution is 2.27. The Bertz CT molecular complexity index is 1300. The van der Waals surface area contributed by atoms with E-state index in [9.17, 15) is 4.79 Å². The second kappa shape index (κ2) is 10.4. The number of hydrogen-bond acceptors (Lipinski definition) is 6. The van der Waals surface area contributed by atoms with E-state index in [1.165, 1.54) is 0 Å². The van der Waals surface area contributed by atoms with Crippen molar-refractivity contribution in [2.24, 2.45) is 0 Å². The highest BCUT2D eigenvalue weighted by atomic mass is 28.3. The summed E-state index contributed by atoms with van der Waals surface area (Å²) in [6.07, 6.45) is 6.81. The summed E-state index contributed by atoms with van der Waals surface area (Å²) in [5.41, 5.74) is 2.91. The monoisotopic (exact) mass is 489 g/mol. The number of ether oxygens (including phenoxy) is 2. The number of carbonyl (C=O) groups is 1. The Morgan fingerprint density at radius 3 is 2.80 bits per heavy atom. The minimum Gasteiger partial charge on any atom is -0.439 e. The third-order valence-electron chi connectivity index (χ3n) is 6.02. The van der Waals surface area contributed by atoms with E-state index in [2.05, 4.69) is 33.6 Å². The van der Waals surface area contributed by atoms with Crippen molar-refractivity contribution in [2.75, 3.05) is 6.61 Å². The highest BCUT2D eigenvalue weighted by molar-refractivity contribution is 6.55. The van der Waals surface area contributed by atoms with Gasteiger partial charge in [0.05, 0.1) is 24.0 Å². The lowest BCUT2D eigenvalue weighted by Gasteiger charge is -2.11. The summed E-state index contributed by atoms with van der Waals surface area (Å²) in [7, 11) is -0.282. The lowest BCUT2D eigenvalue weighted by atomic mass is 10.2. The summed E-state index contributed by atoms with van der Waals surface area (Å²) in [6.45, 7) is 6.42. The maximum atomic E-state index is 11.5. The van der Waals surface area contributed by atoms with Gasteiger partial charge in [-0.25, -0.2) is 9.67 Å². The predicted octanol–water partition coefficient (Wildman–Crippen LogP) is 4.09. The Kier molecular flexibility index (Phi) is 6.91. The molecule has 1 aromatic carbocycles. The van der Waals surface area contributed by atoms with Gasteiger partial charge in [-0.05, 0) is 42.8 Å². The molecule has 1 N–H and O–H groups in total. The number of hydrogen-bond donors (Lipinski definition) is 1. The van der Waals surface area contributed by atoms with Gasteiger partial charge in [-0.15, -0.1) is 0 Å². The molecule has 0 unspecified atom stereocenters. The molecular formula is C25H29N6O3Si. The van der Waals surface area contributed by atoms with Gasteiger partial charge in [0.1, 0.15) is 12.5 Å². The van der Waals surface area contributed by atoms with Crippen molar-refractivity contribution < 1.29 is 14.3 Å². The number of pyridine rings is 1. The maximum absolute atomic E-state index is 11.5. The van der Waals surface area contributed by atoms with Crippen LogP contribution in [0.1, 0.15) is 12.8 Å². The minimum atomic E-state index is -0.282. The van der Waals surface area contributed by atoms with Crippen LogP contribution in [0.3, 0.4) is 0 Å². The molecule has 1 aliphatic heterocycles. The SMILES string of the molecule is C[Si](C)CCOCn1nccc1-c1ccc(Oc2ccc3c(cnn3C[C@@H]3CCC(=O)N3)c2)nc1. The largest absolute Gasteiger partial charge is 0.439 e. The molecule has 1 atom stereocenters. The predicted molar refractivity (Wildman–Crippen MR) is 135 cm³/mol. The van der Waals surface area contributed by atoms with Crippen LogP contribution in [0, 0.1) is 0 Å². The number of nitrogens with one attached hydrogen (secondary N) is 1. The molecule has 1 aliphatic rings. The van der Waals surface area contributed by atoms with Crippen LogP contribution in [-0.4, -0.2) is 51.9 Å². The van der Waals surface area contributed by atoms with E-state index < -0.39 is 0 Å². The third-order valence-corrected chi connectivity index (χ3v) is 7.23. The number of fused-ring (bicyclic) bond motifs is 1. The molecule has 1 saturated heterocycles. The molecule has 4 aromatic rings. The smallest absolute Gasteiger partial charge is 0.220 e. The third kappa shape index (κ3) is 5.60. The fourth-order valence-corrected chi connectivity index (χ4v) is 4.67. The first-order valence-corrected chi connectivity index (χ1v) is 14.5. The van der Waals surface area contributed by atoms with Crippen LogP contribution in [0.5, 0.6) is 11.6 Å². The molecule has 181 valence electrons. The number of rotatable bonds is 10. The lowest BCUT2D eigenvalue weighted by molar-refractivity contribution is -0.119. The molecule has 0 spiro atoms. The van der Waals surface area contributed by atoms with E-state index >= 15 is 0 Å². The molecule has 1 radical (unpaired) electrons. The average Bonchev–Trinajstić information content (AvgIpc) is 3.58. The van der Waals surface area contributed by atoms with Gasteiger partial charge in [0.15, 0.2) is 0 Å². The topological polar surface area (TPSA) is 96.1 Å². The van der Waals surface area contributed by atoms with Crippen molar-refractivity contribution in [1.29, 1.82) is 0 Å². The van der Waals surface area contributed by atoms with Crippen molar-refractivity contribution in [3.8, 4) is 22.9 Å². The maximum Gasteiger partial charge on any atom is 0.220 e. The lowest BCUT2D eigenvalue weighted by Crippen LogP contribution is -2.29. The molecule has 9 nitrogen and oxygen atoms in total. The fraction of sp³-hybridized carbons (Fsp3) is 0.360. The molecule has 5 rings (SSSR count). The van der Waals surface area contributed by atoms with Gasteiger partial charge in [0.2, 0.25) is 11.8 Å². The van der Waals surface area contributed by atoms with Gasteiger partial charge in [-0.2, -0.15) is 10.2 Å². The van der Waals surface area contributed by atoms with Crippen molar-refractivity contribution in [2.45, 2.75) is 51.3 Å². The number of amides is 1. The average molecular weight is 490 g/mol. The molecule has 4 heterocycles. The van der Waals surface area contributed by atoms with Crippen molar-refractivity contribution in [3.05, 3.63) is 55.0 Å². The summed E-state index contributed by atoms with van der Waals surface area (Å²) < 4.78 is 15.6. The molecule has 10 heteroatoms. The molecule has 0 saturated carbocycles. The zero-order valence-corrected chi connectivity index (χ0v) is 21.0. The molecule has 0 aliphatic carbocycles. The summed E-state index contributed by atoms with van der Waals surface area (Å²) in [5, 5.41) is 12.8. The summed E-state index contributed by atoms with van der Waals surface area (Å²) in [6, 6.07) is 12.9. The van der Waals surface area contributed by atoms with Crippen LogP contribution >= 0.6 is 0 Å². The molecule has 3 aromatic heterocycles. The molecule has 1 fully saturated rings. The van der Waals surface area contributed by atoms with Gasteiger partial charge in [0.25, 0.3) is 0 Å². The Morgan fingerprint density at radius 1 is 1.11 bits per heavy atom. The molecule has 1 amide bonds. The number of nitrogens with zero attached hydrogens (tertiary/aromatic N) is 5. The summed E-state index contributed by atoms with van der Waals surface area (Å²) >= 11 is 0. The van der Waals surface area contributed by atoms with Gasteiger partial charge >= 0.3 is 0 Å². The van der Waals surface area contributed by atoms with Crippen molar-refractivity contribution in [1.82, 2.24) is 29.9 Å². The Balaban J connectivity index is 1.22. The first-order valence-electron chi connectivity index (χ1n) is 11.8. The van der Waals surface area contributed by atoms with Gasteiger partial charge in [0, 0.05) is 57.3 Å². The fourth-order valence-electron chi connectivity index (χ4n) is 4.12. The number of aromatic nitrogens is 5. The van der Waals surface area contributed by atoms with Gasteiger partial charge in [-0.1, -0.05) is 13.1 Å². The van der Waals surface area contributed by atoms with E-state index in [1.807, 2.05) is 52.0 Å². The standard InChI is InChI=1S/C25H29N6O3Si/c1-35(2)12-11-33-17-31-23(9-10-27-31)18-3-8-25(26-14-18)34-21-5-6-22-19(13-21)15-28-30(22)16-20-4-7-24(32)29-20/h3,5-6,8-10,13-15,20H,4,7,11-12,16-17H2,1-2H3,(H,29,32)/t20-/m0/s1. The van der Waals surface area contributed by atoms with Gasteiger partial charge in [-0.3, -0.25) is 9.48 Å². The second-order valence-corrected chi connectivity index (χ2v) is 12.0. The van der Waals surface area contributed by atoms with Crippen LogP contribution in [0.15, 0.2) is 55.0 Å². The second-order valence-electron chi connectivity index (χ2n) is 9.05.